The summed E-state index contributed by atoms with van der Waals surface area (Å²) in [4.78, 5) is 14.3. The number of hydrogen-bond acceptors (Lipinski definition) is 3. The van der Waals surface area contributed by atoms with Gasteiger partial charge in [-0.25, -0.2) is 0 Å². The molecule has 21 heavy (non-hydrogen) atoms. The summed E-state index contributed by atoms with van der Waals surface area (Å²) in [6.07, 6.45) is 4.55. The van der Waals surface area contributed by atoms with E-state index in [1.807, 2.05) is 0 Å². The van der Waals surface area contributed by atoms with E-state index >= 15 is 0 Å². The van der Waals surface area contributed by atoms with E-state index in [0.29, 0.717) is 19.0 Å². The zero-order valence-electron chi connectivity index (χ0n) is 12.8. The van der Waals surface area contributed by atoms with Crippen LogP contribution in [0.15, 0.2) is 30.3 Å². The van der Waals surface area contributed by atoms with E-state index in [9.17, 15) is 4.79 Å². The predicted octanol–water partition coefficient (Wildman–Crippen LogP) is 1.90. The summed E-state index contributed by atoms with van der Waals surface area (Å²) < 4.78 is 0. The van der Waals surface area contributed by atoms with Crippen LogP contribution in [0, 0.1) is 0 Å². The maximum absolute atomic E-state index is 11.8. The first-order valence-corrected chi connectivity index (χ1v) is 8.03. The molecular formula is C17H27N3O. The molecule has 3 N–H and O–H groups in total. The lowest BCUT2D eigenvalue weighted by molar-refractivity contribution is -0.122. The minimum absolute atomic E-state index is 0.185. The van der Waals surface area contributed by atoms with Crippen LogP contribution < -0.4 is 11.1 Å². The number of nitrogens with zero attached hydrogens (tertiary/aromatic N) is 1. The van der Waals surface area contributed by atoms with Crippen LogP contribution in [0.3, 0.4) is 0 Å². The maximum atomic E-state index is 11.8. The van der Waals surface area contributed by atoms with Gasteiger partial charge < -0.3 is 11.1 Å². The zero-order chi connectivity index (χ0) is 14.9. The number of carbonyl (C=O) groups excluding carboxylic acids is 1. The van der Waals surface area contributed by atoms with Gasteiger partial charge in [0, 0.05) is 32.1 Å². The summed E-state index contributed by atoms with van der Waals surface area (Å²) in [5.41, 5.74) is 6.80. The van der Waals surface area contributed by atoms with Gasteiger partial charge in [-0.3, -0.25) is 9.69 Å². The van der Waals surface area contributed by atoms with Gasteiger partial charge in [-0.05, 0) is 37.8 Å². The first-order chi connectivity index (χ1) is 10.3. The van der Waals surface area contributed by atoms with Crippen LogP contribution >= 0.6 is 0 Å². The van der Waals surface area contributed by atoms with Crippen molar-refractivity contribution in [3.05, 3.63) is 35.9 Å². The molecule has 0 saturated carbocycles. The van der Waals surface area contributed by atoms with E-state index in [-0.39, 0.29) is 5.91 Å². The van der Waals surface area contributed by atoms with Crippen molar-refractivity contribution < 1.29 is 4.79 Å². The molecule has 1 aliphatic rings. The fourth-order valence-electron chi connectivity index (χ4n) is 2.81. The van der Waals surface area contributed by atoms with E-state index in [1.54, 1.807) is 0 Å². The standard InChI is InChI=1S/C17H27N3O/c18-11-5-4-8-17(21)19-16-9-12-20(13-10-16)14-15-6-2-1-3-7-15/h1-3,6-7,16H,4-5,8-14,18H2,(H,19,21). The van der Waals surface area contributed by atoms with Gasteiger partial charge in [0.1, 0.15) is 0 Å². The topological polar surface area (TPSA) is 58.4 Å². The second-order valence-electron chi connectivity index (χ2n) is 5.85. The second kappa shape index (κ2) is 8.80. The van der Waals surface area contributed by atoms with Crippen LogP contribution in [-0.2, 0) is 11.3 Å². The van der Waals surface area contributed by atoms with Crippen molar-refractivity contribution in [2.75, 3.05) is 19.6 Å². The molecule has 0 unspecified atom stereocenters. The molecule has 0 atom stereocenters. The van der Waals surface area contributed by atoms with Gasteiger partial charge in [0.15, 0.2) is 0 Å². The predicted molar refractivity (Wildman–Crippen MR) is 85.8 cm³/mol. The number of benzene rings is 1. The van der Waals surface area contributed by atoms with Gasteiger partial charge >= 0.3 is 0 Å². The number of unbranched alkanes of at least 4 members (excludes halogenated alkanes) is 1. The highest BCUT2D eigenvalue weighted by Crippen LogP contribution is 2.14. The Morgan fingerprint density at radius 1 is 1.19 bits per heavy atom. The fourth-order valence-corrected chi connectivity index (χ4v) is 2.81. The Morgan fingerprint density at radius 3 is 2.57 bits per heavy atom. The lowest BCUT2D eigenvalue weighted by Gasteiger charge is -2.32. The lowest BCUT2D eigenvalue weighted by Crippen LogP contribution is -2.44. The Hall–Kier alpha value is -1.39. The fraction of sp³-hybridized carbons (Fsp3) is 0.588. The minimum atomic E-state index is 0.185. The minimum Gasteiger partial charge on any atom is -0.353 e. The molecule has 0 aromatic heterocycles. The second-order valence-corrected chi connectivity index (χ2v) is 5.85. The number of carbonyl (C=O) groups is 1. The van der Waals surface area contributed by atoms with Crippen LogP contribution in [0.25, 0.3) is 0 Å². The summed E-state index contributed by atoms with van der Waals surface area (Å²) in [6.45, 7) is 3.80. The number of piperidine rings is 1. The maximum Gasteiger partial charge on any atom is 0.220 e. The lowest BCUT2D eigenvalue weighted by atomic mass is 10.0. The number of rotatable bonds is 7. The van der Waals surface area contributed by atoms with Crippen molar-refractivity contribution in [3.8, 4) is 0 Å². The highest BCUT2D eigenvalue weighted by molar-refractivity contribution is 5.76. The molecule has 1 aromatic rings. The molecule has 4 nitrogen and oxygen atoms in total. The van der Waals surface area contributed by atoms with Crippen LogP contribution in [0.2, 0.25) is 0 Å². The Labute approximate surface area is 127 Å². The Balaban J connectivity index is 1.65. The number of hydrogen-bond donors (Lipinski definition) is 2. The molecule has 116 valence electrons. The number of likely N-dealkylation sites (tertiary alicyclic amines) is 1. The van der Waals surface area contributed by atoms with E-state index in [4.69, 9.17) is 5.73 Å². The first-order valence-electron chi connectivity index (χ1n) is 8.03. The van der Waals surface area contributed by atoms with Gasteiger partial charge in [-0.15, -0.1) is 0 Å². The van der Waals surface area contributed by atoms with Gasteiger partial charge in [-0.1, -0.05) is 30.3 Å². The van der Waals surface area contributed by atoms with Crippen LogP contribution in [-0.4, -0.2) is 36.5 Å². The molecule has 1 saturated heterocycles. The highest BCUT2D eigenvalue weighted by atomic mass is 16.1. The molecule has 0 bridgehead atoms. The smallest absolute Gasteiger partial charge is 0.220 e. The Bertz CT molecular complexity index is 413. The Kier molecular flexibility index (Phi) is 6.70. The SMILES string of the molecule is NCCCCC(=O)NC1CCN(Cc2ccccc2)CC1. The molecule has 0 spiro atoms. The number of nitrogens with two attached hydrogens (primary N) is 1. The number of nitrogens with one attached hydrogen (secondary N) is 1. The monoisotopic (exact) mass is 289 g/mol. The van der Waals surface area contributed by atoms with E-state index in [0.717, 1.165) is 45.3 Å². The molecule has 0 aliphatic carbocycles. The summed E-state index contributed by atoms with van der Waals surface area (Å²) >= 11 is 0. The average molecular weight is 289 g/mol. The third-order valence-electron chi connectivity index (χ3n) is 4.06. The molecule has 1 aliphatic heterocycles. The van der Waals surface area contributed by atoms with Crippen molar-refractivity contribution in [2.24, 2.45) is 5.73 Å². The quantitative estimate of drug-likeness (QED) is 0.754. The van der Waals surface area contributed by atoms with E-state index < -0.39 is 0 Å². The molecular weight excluding hydrogens is 262 g/mol. The Morgan fingerprint density at radius 2 is 1.90 bits per heavy atom. The van der Waals surface area contributed by atoms with Gasteiger partial charge in [0.2, 0.25) is 5.91 Å². The van der Waals surface area contributed by atoms with E-state index in [1.165, 1.54) is 5.56 Å². The van der Waals surface area contributed by atoms with Gasteiger partial charge in [0.25, 0.3) is 0 Å². The summed E-state index contributed by atoms with van der Waals surface area (Å²) in [7, 11) is 0. The third-order valence-corrected chi connectivity index (χ3v) is 4.06. The average Bonchev–Trinajstić information content (AvgIpc) is 2.51. The normalized spacial score (nSPS) is 16.8. The first kappa shape index (κ1) is 16.0. The molecule has 1 fully saturated rings. The number of amides is 1. The molecule has 2 rings (SSSR count). The summed E-state index contributed by atoms with van der Waals surface area (Å²) in [6, 6.07) is 10.9. The third kappa shape index (κ3) is 5.86. The van der Waals surface area contributed by atoms with Gasteiger partial charge in [-0.2, -0.15) is 0 Å². The highest BCUT2D eigenvalue weighted by Gasteiger charge is 2.20. The zero-order valence-corrected chi connectivity index (χ0v) is 12.8. The molecule has 1 amide bonds. The summed E-state index contributed by atoms with van der Waals surface area (Å²) in [5, 5.41) is 3.16. The van der Waals surface area contributed by atoms with Crippen molar-refractivity contribution in [1.29, 1.82) is 0 Å². The van der Waals surface area contributed by atoms with Crippen molar-refractivity contribution in [1.82, 2.24) is 10.2 Å². The molecule has 4 heteroatoms. The molecule has 0 radical (unpaired) electrons. The van der Waals surface area contributed by atoms with Gasteiger partial charge in [0.05, 0.1) is 0 Å². The molecule has 1 aromatic carbocycles. The summed E-state index contributed by atoms with van der Waals surface area (Å²) in [5.74, 6) is 0.185. The van der Waals surface area contributed by atoms with Crippen LogP contribution in [0.1, 0.15) is 37.7 Å². The molecule has 1 heterocycles. The van der Waals surface area contributed by atoms with Crippen LogP contribution in [0.5, 0.6) is 0 Å². The van der Waals surface area contributed by atoms with E-state index in [2.05, 4.69) is 40.5 Å². The van der Waals surface area contributed by atoms with Crippen molar-refractivity contribution in [2.45, 2.75) is 44.7 Å². The largest absolute Gasteiger partial charge is 0.353 e. The van der Waals surface area contributed by atoms with Crippen molar-refractivity contribution >= 4 is 5.91 Å². The van der Waals surface area contributed by atoms with Crippen LogP contribution in [0.4, 0.5) is 0 Å². The van der Waals surface area contributed by atoms with Crippen molar-refractivity contribution in [3.63, 3.8) is 0 Å².